The molecule has 1 aromatic rings. The van der Waals surface area contributed by atoms with Gasteiger partial charge in [-0.1, -0.05) is 17.7 Å². The van der Waals surface area contributed by atoms with Crippen molar-refractivity contribution in [2.45, 2.75) is 89.9 Å². The lowest BCUT2D eigenvalue weighted by molar-refractivity contribution is -0.231. The van der Waals surface area contributed by atoms with Gasteiger partial charge in [0, 0.05) is 5.69 Å². The quantitative estimate of drug-likeness (QED) is 0.745. The van der Waals surface area contributed by atoms with Crippen LogP contribution >= 0.6 is 0 Å². The van der Waals surface area contributed by atoms with Gasteiger partial charge in [-0.15, -0.1) is 0 Å². The second kappa shape index (κ2) is 7.83. The third-order valence-corrected chi connectivity index (χ3v) is 5.48. The van der Waals surface area contributed by atoms with E-state index in [1.807, 2.05) is 31.2 Å². The first kappa shape index (κ1) is 22.2. The highest BCUT2D eigenvalue weighted by atomic mass is 16.9. The number of fused-ring (bicyclic) bond motifs is 3. The first-order valence-corrected chi connectivity index (χ1v) is 10.5. The molecule has 3 aliphatic rings. The normalized spacial score (nSPS) is 33.8. The predicted octanol–water partition coefficient (Wildman–Crippen LogP) is 1.83. The van der Waals surface area contributed by atoms with E-state index in [9.17, 15) is 9.59 Å². The van der Waals surface area contributed by atoms with Crippen LogP contribution in [0.4, 0.5) is 5.69 Å². The lowest BCUT2D eigenvalue weighted by Gasteiger charge is -2.36. The standard InChI is InChI=1S/C22H30N2O7/c1-11-7-9-13(10-8-11)24-18(25)12(2)23-19(26)16-14-15(29-21(3,4)28-14)17-20(27-16)31-22(5,6)30-17/h7-10,12,14-17,20H,1-6H3,(H,23,26)(H,24,25)/t12-,14+,15-,16+,17+,20+/m0/s1. The van der Waals surface area contributed by atoms with Gasteiger partial charge in [0.15, 0.2) is 24.0 Å². The van der Waals surface area contributed by atoms with Crippen molar-refractivity contribution < 1.29 is 33.3 Å². The summed E-state index contributed by atoms with van der Waals surface area (Å²) in [4.78, 5) is 25.6. The molecule has 2 N–H and O–H groups in total. The molecule has 1 aromatic carbocycles. The molecule has 3 aliphatic heterocycles. The van der Waals surface area contributed by atoms with Crippen LogP contribution in [0.15, 0.2) is 24.3 Å². The molecular weight excluding hydrogens is 404 g/mol. The second-order valence-corrected chi connectivity index (χ2v) is 9.18. The van der Waals surface area contributed by atoms with Crippen LogP contribution in [0.1, 0.15) is 40.2 Å². The maximum atomic E-state index is 13.1. The van der Waals surface area contributed by atoms with E-state index in [0.717, 1.165) is 5.56 Å². The molecule has 0 radical (unpaired) electrons. The molecule has 0 bridgehead atoms. The fourth-order valence-corrected chi connectivity index (χ4v) is 4.07. The van der Waals surface area contributed by atoms with Crippen molar-refractivity contribution >= 4 is 17.5 Å². The molecule has 6 atom stereocenters. The van der Waals surface area contributed by atoms with Crippen molar-refractivity contribution in [2.24, 2.45) is 0 Å². The third-order valence-electron chi connectivity index (χ3n) is 5.48. The van der Waals surface area contributed by atoms with Gasteiger partial charge in [0.05, 0.1) is 0 Å². The van der Waals surface area contributed by atoms with Crippen molar-refractivity contribution in [1.82, 2.24) is 5.32 Å². The summed E-state index contributed by atoms with van der Waals surface area (Å²) in [5.74, 6) is -2.60. The summed E-state index contributed by atoms with van der Waals surface area (Å²) < 4.78 is 29.7. The van der Waals surface area contributed by atoms with Gasteiger partial charge in [0.25, 0.3) is 5.91 Å². The molecular formula is C22H30N2O7. The average molecular weight is 434 g/mol. The van der Waals surface area contributed by atoms with E-state index >= 15 is 0 Å². The second-order valence-electron chi connectivity index (χ2n) is 9.18. The van der Waals surface area contributed by atoms with Crippen LogP contribution in [-0.4, -0.2) is 60.1 Å². The fraction of sp³-hybridized carbons (Fsp3) is 0.636. The van der Waals surface area contributed by atoms with Gasteiger partial charge in [-0.05, 0) is 53.7 Å². The van der Waals surface area contributed by atoms with Gasteiger partial charge in [-0.25, -0.2) is 0 Å². The molecule has 4 rings (SSSR count). The first-order chi connectivity index (χ1) is 14.4. The number of rotatable bonds is 4. The Bertz CT molecular complexity index is 854. The van der Waals surface area contributed by atoms with Crippen LogP contribution in [0, 0.1) is 6.92 Å². The molecule has 0 aromatic heterocycles. The molecule has 0 unspecified atom stereocenters. The number of ether oxygens (including phenoxy) is 5. The van der Waals surface area contributed by atoms with E-state index in [2.05, 4.69) is 10.6 Å². The minimum absolute atomic E-state index is 0.340. The molecule has 9 nitrogen and oxygen atoms in total. The molecule has 2 amide bonds. The monoisotopic (exact) mass is 434 g/mol. The van der Waals surface area contributed by atoms with Gasteiger partial charge < -0.3 is 34.3 Å². The zero-order valence-corrected chi connectivity index (χ0v) is 18.6. The predicted molar refractivity (Wildman–Crippen MR) is 110 cm³/mol. The molecule has 3 fully saturated rings. The number of nitrogens with one attached hydrogen (secondary N) is 2. The zero-order chi connectivity index (χ0) is 22.6. The van der Waals surface area contributed by atoms with E-state index < -0.39 is 54.2 Å². The molecule has 170 valence electrons. The Morgan fingerprint density at radius 3 is 2.16 bits per heavy atom. The molecule has 31 heavy (non-hydrogen) atoms. The Morgan fingerprint density at radius 2 is 1.48 bits per heavy atom. The Balaban J connectivity index is 1.44. The Kier molecular flexibility index (Phi) is 5.60. The third kappa shape index (κ3) is 4.61. The Morgan fingerprint density at radius 1 is 0.903 bits per heavy atom. The van der Waals surface area contributed by atoms with Crippen molar-refractivity contribution in [3.8, 4) is 0 Å². The van der Waals surface area contributed by atoms with Crippen molar-refractivity contribution in [3.63, 3.8) is 0 Å². The minimum Gasteiger partial charge on any atom is -0.342 e. The summed E-state index contributed by atoms with van der Waals surface area (Å²) in [5.41, 5.74) is 1.74. The van der Waals surface area contributed by atoms with Gasteiger partial charge >= 0.3 is 0 Å². The summed E-state index contributed by atoms with van der Waals surface area (Å²) in [7, 11) is 0. The van der Waals surface area contributed by atoms with Crippen molar-refractivity contribution in [3.05, 3.63) is 29.8 Å². The molecule has 0 aliphatic carbocycles. The van der Waals surface area contributed by atoms with E-state index in [4.69, 9.17) is 23.7 Å². The van der Waals surface area contributed by atoms with Crippen LogP contribution in [-0.2, 0) is 33.3 Å². The van der Waals surface area contributed by atoms with E-state index in [1.54, 1.807) is 34.6 Å². The number of hydrogen-bond donors (Lipinski definition) is 2. The van der Waals surface area contributed by atoms with Gasteiger partial charge in [-0.3, -0.25) is 9.59 Å². The van der Waals surface area contributed by atoms with Crippen molar-refractivity contribution in [1.29, 1.82) is 0 Å². The lowest BCUT2D eigenvalue weighted by Crippen LogP contribution is -2.60. The summed E-state index contributed by atoms with van der Waals surface area (Å²) in [5, 5.41) is 5.50. The number of benzene rings is 1. The number of aryl methyl sites for hydroxylation is 1. The topological polar surface area (TPSA) is 104 Å². The number of carbonyl (C=O) groups excluding carboxylic acids is 2. The van der Waals surface area contributed by atoms with Crippen LogP contribution in [0.3, 0.4) is 0 Å². The number of carbonyl (C=O) groups is 2. The van der Waals surface area contributed by atoms with E-state index in [0.29, 0.717) is 5.69 Å². The van der Waals surface area contributed by atoms with Crippen molar-refractivity contribution in [2.75, 3.05) is 5.32 Å². The number of amides is 2. The number of hydrogen-bond acceptors (Lipinski definition) is 7. The van der Waals surface area contributed by atoms with Gasteiger partial charge in [0.2, 0.25) is 5.91 Å². The largest absolute Gasteiger partial charge is 0.342 e. The number of anilines is 1. The summed E-state index contributed by atoms with van der Waals surface area (Å²) in [6, 6.07) is 6.62. The molecule has 9 heteroatoms. The van der Waals surface area contributed by atoms with E-state index in [-0.39, 0.29) is 5.91 Å². The Labute approximate surface area is 181 Å². The first-order valence-electron chi connectivity index (χ1n) is 10.5. The van der Waals surface area contributed by atoms with Gasteiger partial charge in [0.1, 0.15) is 24.4 Å². The highest BCUT2D eigenvalue weighted by molar-refractivity contribution is 5.97. The van der Waals surface area contributed by atoms with Crippen LogP contribution in [0.5, 0.6) is 0 Å². The summed E-state index contributed by atoms with van der Waals surface area (Å²) in [6.45, 7) is 10.7. The SMILES string of the molecule is Cc1ccc(NC(=O)[C@H](C)NC(=O)[C@@H]2O[C@@H]3OC(C)(C)O[C@@H]3[C@H]3OC(C)(C)O[C@H]32)cc1. The zero-order valence-electron chi connectivity index (χ0n) is 18.6. The fourth-order valence-electron chi connectivity index (χ4n) is 4.07. The minimum atomic E-state index is -1.01. The van der Waals surface area contributed by atoms with E-state index in [1.165, 1.54) is 0 Å². The van der Waals surface area contributed by atoms with Crippen LogP contribution < -0.4 is 10.6 Å². The highest BCUT2D eigenvalue weighted by Gasteiger charge is 2.62. The molecule has 0 saturated carbocycles. The van der Waals surface area contributed by atoms with Crippen LogP contribution in [0.25, 0.3) is 0 Å². The maximum Gasteiger partial charge on any atom is 0.252 e. The molecule has 3 heterocycles. The summed E-state index contributed by atoms with van der Waals surface area (Å²) >= 11 is 0. The summed E-state index contributed by atoms with van der Waals surface area (Å²) in [6.07, 6.45) is -3.54. The molecule has 0 spiro atoms. The lowest BCUT2D eigenvalue weighted by atomic mass is 9.98. The maximum absolute atomic E-state index is 13.1. The Hall–Kier alpha value is -2.04. The molecule has 3 saturated heterocycles. The van der Waals surface area contributed by atoms with Gasteiger partial charge in [-0.2, -0.15) is 0 Å². The highest BCUT2D eigenvalue weighted by Crippen LogP contribution is 2.44. The smallest absolute Gasteiger partial charge is 0.252 e. The van der Waals surface area contributed by atoms with Crippen LogP contribution in [0.2, 0.25) is 0 Å². The average Bonchev–Trinajstić information content (AvgIpc) is 3.16.